The number of benzene rings is 2. The first kappa shape index (κ1) is 23.8. The molecule has 2 heterocycles. The van der Waals surface area contributed by atoms with Crippen LogP contribution < -0.4 is 5.32 Å². The lowest BCUT2D eigenvalue weighted by molar-refractivity contribution is -0.127. The number of thiazole rings is 1. The Hall–Kier alpha value is -2.36. The minimum Gasteiger partial charge on any atom is -0.300 e. The van der Waals surface area contributed by atoms with Crippen molar-refractivity contribution in [3.05, 3.63) is 84.6 Å². The third-order valence-corrected chi connectivity index (χ3v) is 7.27. The van der Waals surface area contributed by atoms with E-state index in [9.17, 15) is 14.4 Å². The zero-order valence-corrected chi connectivity index (χ0v) is 20.6. The Morgan fingerprint density at radius 3 is 2.45 bits per heavy atom. The second kappa shape index (κ2) is 10.3. The second-order valence-corrected chi connectivity index (χ2v) is 10.2. The summed E-state index contributed by atoms with van der Waals surface area (Å²) in [7, 11) is 0. The summed E-state index contributed by atoms with van der Waals surface area (Å²) in [6.45, 7) is -0.426. The number of nitrogens with one attached hydrogen (secondary N) is 1. The van der Waals surface area contributed by atoms with E-state index in [-0.39, 0.29) is 4.91 Å². The van der Waals surface area contributed by atoms with Crippen molar-refractivity contribution in [2.45, 2.75) is 6.42 Å². The maximum Gasteiger partial charge on any atom is 0.294 e. The number of hydrogen-bond donors (Lipinski definition) is 1. The molecule has 3 amide bonds. The highest BCUT2D eigenvalue weighted by molar-refractivity contribution is 8.18. The van der Waals surface area contributed by atoms with E-state index in [1.807, 2.05) is 24.3 Å². The van der Waals surface area contributed by atoms with Crippen molar-refractivity contribution in [3.8, 4) is 0 Å². The van der Waals surface area contributed by atoms with Gasteiger partial charge >= 0.3 is 0 Å². The fraction of sp³-hybridized carbons (Fsp3) is 0.0909. The van der Waals surface area contributed by atoms with Gasteiger partial charge in [0.25, 0.3) is 11.1 Å². The van der Waals surface area contributed by atoms with E-state index >= 15 is 0 Å². The van der Waals surface area contributed by atoms with Crippen LogP contribution in [0.3, 0.4) is 0 Å². The van der Waals surface area contributed by atoms with Crippen molar-refractivity contribution in [1.82, 2.24) is 9.88 Å². The van der Waals surface area contributed by atoms with Gasteiger partial charge in [-0.3, -0.25) is 19.3 Å². The molecule has 2 aromatic carbocycles. The number of rotatable bonds is 6. The minimum atomic E-state index is -0.585. The molecule has 1 saturated heterocycles. The largest absolute Gasteiger partial charge is 0.300 e. The molecule has 1 N–H and O–H groups in total. The molecule has 1 fully saturated rings. The van der Waals surface area contributed by atoms with Gasteiger partial charge in [-0.15, -0.1) is 11.3 Å². The van der Waals surface area contributed by atoms with Crippen LogP contribution >= 0.6 is 57.9 Å². The molecule has 4 rings (SSSR count). The van der Waals surface area contributed by atoms with E-state index in [4.69, 9.17) is 34.8 Å². The Bertz CT molecular complexity index is 1260. The summed E-state index contributed by atoms with van der Waals surface area (Å²) in [5.74, 6) is -1.11. The fourth-order valence-corrected chi connectivity index (χ4v) is 5.28. The quantitative estimate of drug-likeness (QED) is 0.369. The third kappa shape index (κ3) is 5.77. The van der Waals surface area contributed by atoms with Gasteiger partial charge in [0.05, 0.1) is 4.91 Å². The SMILES string of the molecule is O=C(CN1C(=O)SC(=Cc2c(Cl)cccc2Cl)C1=O)Nc1ncc(Cc2ccc(Cl)cc2)s1. The Morgan fingerprint density at radius 1 is 1.06 bits per heavy atom. The monoisotopic (exact) mass is 537 g/mol. The maximum atomic E-state index is 12.7. The summed E-state index contributed by atoms with van der Waals surface area (Å²) in [4.78, 5) is 43.6. The number of amides is 3. The van der Waals surface area contributed by atoms with Crippen LogP contribution in [0.1, 0.15) is 16.0 Å². The van der Waals surface area contributed by atoms with Crippen LogP contribution in [0, 0.1) is 0 Å². The number of imide groups is 1. The number of thioether (sulfide) groups is 1. The Kier molecular flexibility index (Phi) is 7.41. The molecule has 0 aliphatic carbocycles. The average molecular weight is 539 g/mol. The van der Waals surface area contributed by atoms with Gasteiger partial charge in [0, 0.05) is 38.1 Å². The summed E-state index contributed by atoms with van der Waals surface area (Å²) in [6.07, 6.45) is 3.77. The third-order valence-electron chi connectivity index (χ3n) is 4.54. The van der Waals surface area contributed by atoms with Crippen LogP contribution in [-0.2, 0) is 16.0 Å². The summed E-state index contributed by atoms with van der Waals surface area (Å²) >= 11 is 20.2. The second-order valence-electron chi connectivity index (χ2n) is 6.89. The lowest BCUT2D eigenvalue weighted by atomic mass is 10.1. The number of hydrogen-bond acceptors (Lipinski definition) is 6. The highest BCUT2D eigenvalue weighted by Gasteiger charge is 2.36. The average Bonchev–Trinajstić information content (AvgIpc) is 3.31. The van der Waals surface area contributed by atoms with Crippen LogP contribution in [0.15, 0.2) is 53.6 Å². The van der Waals surface area contributed by atoms with Crippen molar-refractivity contribution < 1.29 is 14.4 Å². The zero-order chi connectivity index (χ0) is 23.5. The first-order chi connectivity index (χ1) is 15.8. The summed E-state index contributed by atoms with van der Waals surface area (Å²) in [6, 6.07) is 12.4. The van der Waals surface area contributed by atoms with Gasteiger partial charge in [0.1, 0.15) is 6.54 Å². The molecule has 6 nitrogen and oxygen atoms in total. The predicted octanol–water partition coefficient (Wildman–Crippen LogP) is 6.37. The van der Waals surface area contributed by atoms with Gasteiger partial charge in [0.15, 0.2) is 5.13 Å². The van der Waals surface area contributed by atoms with Crippen molar-refractivity contribution >= 4 is 86.2 Å². The molecule has 0 radical (unpaired) electrons. The van der Waals surface area contributed by atoms with Crippen molar-refractivity contribution in [3.63, 3.8) is 0 Å². The lowest BCUT2D eigenvalue weighted by Crippen LogP contribution is -2.36. The Labute approximate surface area is 212 Å². The molecule has 0 unspecified atom stereocenters. The lowest BCUT2D eigenvalue weighted by Gasteiger charge is -2.11. The Morgan fingerprint density at radius 2 is 1.76 bits per heavy atom. The van der Waals surface area contributed by atoms with Crippen molar-refractivity contribution in [1.29, 1.82) is 0 Å². The summed E-state index contributed by atoms with van der Waals surface area (Å²) < 4.78 is 0. The number of carbonyl (C=O) groups is 3. The summed E-state index contributed by atoms with van der Waals surface area (Å²) in [5.41, 5.74) is 1.50. The first-order valence-corrected chi connectivity index (χ1v) is 12.3. The zero-order valence-electron chi connectivity index (χ0n) is 16.7. The van der Waals surface area contributed by atoms with E-state index in [1.165, 1.54) is 17.4 Å². The van der Waals surface area contributed by atoms with Gasteiger partial charge < -0.3 is 5.32 Å². The molecule has 1 aliphatic rings. The molecule has 33 heavy (non-hydrogen) atoms. The van der Waals surface area contributed by atoms with Crippen LogP contribution in [0.25, 0.3) is 6.08 Å². The van der Waals surface area contributed by atoms with Crippen LogP contribution in [-0.4, -0.2) is 33.5 Å². The van der Waals surface area contributed by atoms with E-state index in [2.05, 4.69) is 10.3 Å². The van der Waals surface area contributed by atoms with Crippen LogP contribution in [0.4, 0.5) is 9.93 Å². The highest BCUT2D eigenvalue weighted by atomic mass is 35.5. The molecular formula is C22H14Cl3N3O3S2. The molecule has 0 bridgehead atoms. The number of halogens is 3. The van der Waals surface area contributed by atoms with E-state index in [0.717, 1.165) is 27.1 Å². The molecule has 0 atom stereocenters. The molecule has 168 valence electrons. The predicted molar refractivity (Wildman–Crippen MR) is 134 cm³/mol. The topological polar surface area (TPSA) is 79.4 Å². The minimum absolute atomic E-state index is 0.141. The highest BCUT2D eigenvalue weighted by Crippen LogP contribution is 2.35. The van der Waals surface area contributed by atoms with E-state index < -0.39 is 23.6 Å². The molecule has 0 saturated carbocycles. The molecule has 11 heteroatoms. The number of anilines is 1. The van der Waals surface area contributed by atoms with Crippen LogP contribution in [0.2, 0.25) is 15.1 Å². The Balaban J connectivity index is 1.39. The smallest absolute Gasteiger partial charge is 0.294 e. The van der Waals surface area contributed by atoms with Crippen molar-refractivity contribution in [2.24, 2.45) is 0 Å². The van der Waals surface area contributed by atoms with E-state index in [1.54, 1.807) is 24.4 Å². The summed E-state index contributed by atoms with van der Waals surface area (Å²) in [5, 5.41) is 3.84. The number of aromatic nitrogens is 1. The molecule has 1 aromatic heterocycles. The number of carbonyl (C=O) groups excluding carboxylic acids is 3. The maximum absolute atomic E-state index is 12.7. The number of nitrogens with zero attached hydrogens (tertiary/aromatic N) is 2. The molecular weight excluding hydrogens is 525 g/mol. The van der Waals surface area contributed by atoms with Gasteiger partial charge in [-0.2, -0.15) is 0 Å². The van der Waals surface area contributed by atoms with Crippen molar-refractivity contribution in [2.75, 3.05) is 11.9 Å². The molecule has 0 spiro atoms. The first-order valence-electron chi connectivity index (χ1n) is 9.48. The van der Waals surface area contributed by atoms with Gasteiger partial charge in [0.2, 0.25) is 5.91 Å². The molecule has 1 aliphatic heterocycles. The molecule has 3 aromatic rings. The van der Waals surface area contributed by atoms with Gasteiger partial charge in [-0.25, -0.2) is 4.98 Å². The van der Waals surface area contributed by atoms with Gasteiger partial charge in [-0.1, -0.05) is 53.0 Å². The van der Waals surface area contributed by atoms with E-state index in [0.29, 0.717) is 32.2 Å². The van der Waals surface area contributed by atoms with Crippen LogP contribution in [0.5, 0.6) is 0 Å². The standard InChI is InChI=1S/C22H14Cl3N3O3S2/c23-13-6-4-12(5-7-13)8-14-10-26-21(32-14)27-19(29)11-28-20(30)18(33-22(28)31)9-15-16(24)2-1-3-17(15)25/h1-7,9-10H,8,11H2,(H,26,27,29). The normalized spacial score (nSPS) is 14.9. The fourth-order valence-electron chi connectivity index (χ4n) is 2.97. The van der Waals surface area contributed by atoms with Gasteiger partial charge in [-0.05, 0) is 47.7 Å².